The molecule has 24 heavy (non-hydrogen) atoms. The van der Waals surface area contributed by atoms with Crippen molar-refractivity contribution in [2.24, 2.45) is 0 Å². The normalized spacial score (nSPS) is 11.2. The molecule has 0 aliphatic rings. The molecule has 0 radical (unpaired) electrons. The van der Waals surface area contributed by atoms with Crippen LogP contribution in [0.5, 0.6) is 5.75 Å². The van der Waals surface area contributed by atoms with Crippen LogP contribution in [0.25, 0.3) is 0 Å². The summed E-state index contributed by atoms with van der Waals surface area (Å²) in [7, 11) is 0. The van der Waals surface area contributed by atoms with Crippen molar-refractivity contribution in [1.82, 2.24) is 4.90 Å². The van der Waals surface area contributed by atoms with Crippen LogP contribution in [0.1, 0.15) is 37.5 Å². The van der Waals surface area contributed by atoms with E-state index in [4.69, 9.17) is 4.74 Å². The van der Waals surface area contributed by atoms with E-state index in [2.05, 4.69) is 6.07 Å². The van der Waals surface area contributed by atoms with E-state index in [1.807, 2.05) is 82.0 Å². The Morgan fingerprint density at radius 3 is 2.12 bits per heavy atom. The number of carbonyl (C=O) groups is 1. The minimum absolute atomic E-state index is 0.00878. The van der Waals surface area contributed by atoms with Crippen molar-refractivity contribution in [2.75, 3.05) is 6.61 Å². The summed E-state index contributed by atoms with van der Waals surface area (Å²) in [5.41, 5.74) is 3.12. The summed E-state index contributed by atoms with van der Waals surface area (Å²) in [6.45, 7) is 10.8. The minimum atomic E-state index is -0.265. The molecule has 128 valence electrons. The zero-order valence-corrected chi connectivity index (χ0v) is 15.3. The molecular weight excluding hydrogens is 298 g/mol. The van der Waals surface area contributed by atoms with E-state index in [0.29, 0.717) is 6.54 Å². The standard InChI is InChI=1S/C21H27NO2/c1-16-11-17(2)13-19(12-16)24-15-20(23)22(21(3,4)5)14-18-9-7-6-8-10-18/h6-13H,14-15H2,1-5H3. The molecule has 0 spiro atoms. The van der Waals surface area contributed by atoms with Gasteiger partial charge in [-0.3, -0.25) is 4.79 Å². The van der Waals surface area contributed by atoms with Crippen LogP contribution < -0.4 is 4.74 Å². The van der Waals surface area contributed by atoms with E-state index in [1.54, 1.807) is 0 Å². The summed E-state index contributed by atoms with van der Waals surface area (Å²) in [6.07, 6.45) is 0. The first-order chi connectivity index (χ1) is 11.3. The van der Waals surface area contributed by atoms with Crippen LogP contribution in [-0.4, -0.2) is 23.0 Å². The first kappa shape index (κ1) is 18.1. The summed E-state index contributed by atoms with van der Waals surface area (Å²) in [5, 5.41) is 0. The second-order valence-corrected chi connectivity index (χ2v) is 7.25. The van der Waals surface area contributed by atoms with E-state index in [9.17, 15) is 4.79 Å². The number of benzene rings is 2. The predicted molar refractivity (Wildman–Crippen MR) is 98.2 cm³/mol. The predicted octanol–water partition coefficient (Wildman–Crippen LogP) is 4.51. The van der Waals surface area contributed by atoms with Gasteiger partial charge in [0.15, 0.2) is 6.61 Å². The maximum absolute atomic E-state index is 12.7. The van der Waals surface area contributed by atoms with Crippen molar-refractivity contribution in [1.29, 1.82) is 0 Å². The smallest absolute Gasteiger partial charge is 0.261 e. The van der Waals surface area contributed by atoms with Gasteiger partial charge in [-0.25, -0.2) is 0 Å². The van der Waals surface area contributed by atoms with Gasteiger partial charge in [-0.05, 0) is 63.4 Å². The summed E-state index contributed by atoms with van der Waals surface area (Å²) in [4.78, 5) is 14.6. The van der Waals surface area contributed by atoms with Gasteiger partial charge < -0.3 is 9.64 Å². The molecule has 3 nitrogen and oxygen atoms in total. The lowest BCUT2D eigenvalue weighted by molar-refractivity contribution is -0.139. The molecule has 1 amide bonds. The molecule has 0 unspecified atom stereocenters. The largest absolute Gasteiger partial charge is 0.484 e. The SMILES string of the molecule is Cc1cc(C)cc(OCC(=O)N(Cc2ccccc2)C(C)(C)C)c1. The monoisotopic (exact) mass is 325 g/mol. The number of ether oxygens (including phenoxy) is 1. The third-order valence-electron chi connectivity index (χ3n) is 3.85. The molecule has 0 N–H and O–H groups in total. The van der Waals surface area contributed by atoms with E-state index in [1.165, 1.54) is 0 Å². The number of aryl methyl sites for hydroxylation is 2. The third kappa shape index (κ3) is 5.12. The second-order valence-electron chi connectivity index (χ2n) is 7.25. The van der Waals surface area contributed by atoms with Crippen molar-refractivity contribution < 1.29 is 9.53 Å². The lowest BCUT2D eigenvalue weighted by atomic mass is 10.0. The first-order valence-electron chi connectivity index (χ1n) is 8.31. The molecule has 0 aromatic heterocycles. The molecule has 2 aromatic rings. The average molecular weight is 325 g/mol. The molecular formula is C21H27NO2. The molecule has 0 bridgehead atoms. The van der Waals surface area contributed by atoms with Crippen LogP contribution in [0, 0.1) is 13.8 Å². The number of hydrogen-bond donors (Lipinski definition) is 0. The highest BCUT2D eigenvalue weighted by atomic mass is 16.5. The number of carbonyl (C=O) groups excluding carboxylic acids is 1. The molecule has 2 aromatic carbocycles. The maximum Gasteiger partial charge on any atom is 0.261 e. The van der Waals surface area contributed by atoms with Crippen LogP contribution in [0.15, 0.2) is 48.5 Å². The zero-order chi connectivity index (χ0) is 17.7. The Balaban J connectivity index is 2.08. The summed E-state index contributed by atoms with van der Waals surface area (Å²) in [6, 6.07) is 16.0. The molecule has 0 heterocycles. The van der Waals surface area contributed by atoms with Crippen molar-refractivity contribution in [2.45, 2.75) is 46.7 Å². The summed E-state index contributed by atoms with van der Waals surface area (Å²) in [5.74, 6) is 0.736. The highest BCUT2D eigenvalue weighted by molar-refractivity contribution is 5.78. The number of nitrogens with zero attached hydrogens (tertiary/aromatic N) is 1. The van der Waals surface area contributed by atoms with Crippen LogP contribution in [0.3, 0.4) is 0 Å². The molecule has 0 aliphatic heterocycles. The van der Waals surface area contributed by atoms with Crippen LogP contribution in [0.2, 0.25) is 0 Å². The van der Waals surface area contributed by atoms with Gasteiger partial charge in [0, 0.05) is 12.1 Å². The van der Waals surface area contributed by atoms with E-state index in [-0.39, 0.29) is 18.1 Å². The Labute approximate surface area is 145 Å². The molecule has 0 saturated carbocycles. The van der Waals surface area contributed by atoms with Crippen molar-refractivity contribution in [3.05, 3.63) is 65.2 Å². The summed E-state index contributed by atoms with van der Waals surface area (Å²) < 4.78 is 5.75. The Kier molecular flexibility index (Phi) is 5.66. The first-order valence-corrected chi connectivity index (χ1v) is 8.31. The Morgan fingerprint density at radius 1 is 1.00 bits per heavy atom. The number of rotatable bonds is 5. The van der Waals surface area contributed by atoms with Gasteiger partial charge in [0.2, 0.25) is 0 Å². The topological polar surface area (TPSA) is 29.5 Å². The van der Waals surface area contributed by atoms with Gasteiger partial charge in [0.1, 0.15) is 5.75 Å². The van der Waals surface area contributed by atoms with E-state index < -0.39 is 0 Å². The molecule has 2 rings (SSSR count). The van der Waals surface area contributed by atoms with Gasteiger partial charge in [-0.2, -0.15) is 0 Å². The van der Waals surface area contributed by atoms with Crippen LogP contribution in [0.4, 0.5) is 0 Å². The molecule has 0 atom stereocenters. The van der Waals surface area contributed by atoms with Crippen molar-refractivity contribution in [3.8, 4) is 5.75 Å². The average Bonchev–Trinajstić information content (AvgIpc) is 2.49. The Morgan fingerprint density at radius 2 is 1.58 bits per heavy atom. The van der Waals surface area contributed by atoms with E-state index >= 15 is 0 Å². The Bertz CT molecular complexity index is 666. The third-order valence-corrected chi connectivity index (χ3v) is 3.85. The molecule has 3 heteroatoms. The van der Waals surface area contributed by atoms with Crippen molar-refractivity contribution in [3.63, 3.8) is 0 Å². The van der Waals surface area contributed by atoms with Gasteiger partial charge in [0.05, 0.1) is 0 Å². The second kappa shape index (κ2) is 7.52. The molecule has 0 saturated heterocycles. The number of amides is 1. The van der Waals surface area contributed by atoms with Crippen LogP contribution in [-0.2, 0) is 11.3 Å². The van der Waals surface area contributed by atoms with E-state index in [0.717, 1.165) is 22.4 Å². The van der Waals surface area contributed by atoms with Crippen LogP contribution >= 0.6 is 0 Å². The van der Waals surface area contributed by atoms with Crippen molar-refractivity contribution >= 4 is 5.91 Å². The fourth-order valence-corrected chi connectivity index (χ4v) is 2.70. The van der Waals surface area contributed by atoms with Gasteiger partial charge in [-0.15, -0.1) is 0 Å². The molecule has 0 aliphatic carbocycles. The molecule has 0 fully saturated rings. The van der Waals surface area contributed by atoms with Gasteiger partial charge in [-0.1, -0.05) is 36.4 Å². The lowest BCUT2D eigenvalue weighted by Gasteiger charge is -2.35. The van der Waals surface area contributed by atoms with Gasteiger partial charge >= 0.3 is 0 Å². The van der Waals surface area contributed by atoms with Gasteiger partial charge in [0.25, 0.3) is 5.91 Å². The fourth-order valence-electron chi connectivity index (χ4n) is 2.70. The fraction of sp³-hybridized carbons (Fsp3) is 0.381. The zero-order valence-electron chi connectivity index (χ0n) is 15.3. The minimum Gasteiger partial charge on any atom is -0.484 e. The Hall–Kier alpha value is -2.29. The quantitative estimate of drug-likeness (QED) is 0.809. The highest BCUT2D eigenvalue weighted by Crippen LogP contribution is 2.20. The number of hydrogen-bond acceptors (Lipinski definition) is 2. The lowest BCUT2D eigenvalue weighted by Crippen LogP contribution is -2.47. The maximum atomic E-state index is 12.7. The summed E-state index contributed by atoms with van der Waals surface area (Å²) >= 11 is 0. The highest BCUT2D eigenvalue weighted by Gasteiger charge is 2.26.